The number of halogens is 2. The molecule has 1 aromatic heterocycles. The summed E-state index contributed by atoms with van der Waals surface area (Å²) in [6.45, 7) is 4.29. The zero-order valence-corrected chi connectivity index (χ0v) is 17.4. The maximum absolute atomic E-state index is 12.7. The van der Waals surface area contributed by atoms with Crippen LogP contribution in [0.2, 0.25) is 5.02 Å². The molecule has 1 N–H and O–H groups in total. The van der Waals surface area contributed by atoms with E-state index < -0.39 is 0 Å². The highest BCUT2D eigenvalue weighted by Crippen LogP contribution is 2.30. The Kier molecular flexibility index (Phi) is 6.93. The predicted octanol–water partition coefficient (Wildman–Crippen LogP) is 5.16. The van der Waals surface area contributed by atoms with Crippen molar-refractivity contribution in [1.29, 1.82) is 0 Å². The normalized spacial score (nSPS) is 12.1. The van der Waals surface area contributed by atoms with Crippen molar-refractivity contribution in [1.82, 2.24) is 10.2 Å². The van der Waals surface area contributed by atoms with Crippen LogP contribution in [0.1, 0.15) is 33.3 Å². The second-order valence-corrected chi connectivity index (χ2v) is 7.16. The summed E-state index contributed by atoms with van der Waals surface area (Å²) in [4.78, 5) is 14.8. The quantitative estimate of drug-likeness (QED) is 0.636. The molecular formula is C21H24Cl2N2O2. The van der Waals surface area contributed by atoms with E-state index in [4.69, 9.17) is 16.0 Å². The largest absolute Gasteiger partial charge is 0.451 e. The van der Waals surface area contributed by atoms with E-state index in [0.717, 1.165) is 22.1 Å². The van der Waals surface area contributed by atoms with Crippen molar-refractivity contribution in [3.63, 3.8) is 0 Å². The Morgan fingerprint density at radius 1 is 1.19 bits per heavy atom. The smallest absolute Gasteiger partial charge is 0.287 e. The van der Waals surface area contributed by atoms with E-state index >= 15 is 0 Å². The van der Waals surface area contributed by atoms with Gasteiger partial charge in [-0.25, -0.2) is 0 Å². The molecule has 0 bridgehead atoms. The van der Waals surface area contributed by atoms with Crippen LogP contribution in [0.4, 0.5) is 0 Å². The Labute approximate surface area is 170 Å². The Morgan fingerprint density at radius 3 is 2.48 bits per heavy atom. The lowest BCUT2D eigenvalue weighted by molar-refractivity contribution is 0.0915. The van der Waals surface area contributed by atoms with Gasteiger partial charge in [0.15, 0.2) is 5.76 Å². The van der Waals surface area contributed by atoms with Crippen LogP contribution in [-0.4, -0.2) is 31.4 Å². The molecule has 27 heavy (non-hydrogen) atoms. The molecule has 0 saturated heterocycles. The molecule has 0 aliphatic rings. The fourth-order valence-electron chi connectivity index (χ4n) is 3.10. The SMILES string of the molecule is Cc1cc2oc(C(=O)NCC(c3ccccc3)N(C)C)c(C)c2cc1Cl.Cl. The number of nitrogens with zero attached hydrogens (tertiary/aromatic N) is 1. The monoisotopic (exact) mass is 406 g/mol. The van der Waals surface area contributed by atoms with E-state index in [9.17, 15) is 4.79 Å². The van der Waals surface area contributed by atoms with Crippen LogP contribution in [0.15, 0.2) is 46.9 Å². The second-order valence-electron chi connectivity index (χ2n) is 6.75. The number of carbonyl (C=O) groups is 1. The van der Waals surface area contributed by atoms with Gasteiger partial charge >= 0.3 is 0 Å². The Bertz CT molecular complexity index is 936. The van der Waals surface area contributed by atoms with Crippen LogP contribution in [0.3, 0.4) is 0 Å². The molecule has 0 saturated carbocycles. The molecule has 4 nitrogen and oxygen atoms in total. The fourth-order valence-corrected chi connectivity index (χ4v) is 3.27. The van der Waals surface area contributed by atoms with Crippen molar-refractivity contribution in [3.8, 4) is 0 Å². The first-order chi connectivity index (χ1) is 12.4. The number of nitrogens with one attached hydrogen (secondary N) is 1. The van der Waals surface area contributed by atoms with Gasteiger partial charge < -0.3 is 14.6 Å². The van der Waals surface area contributed by atoms with Gasteiger partial charge in [-0.1, -0.05) is 41.9 Å². The summed E-state index contributed by atoms with van der Waals surface area (Å²) in [7, 11) is 4.00. The third kappa shape index (κ3) is 4.46. The standard InChI is InChI=1S/C21H23ClN2O2.ClH/c1-13-10-19-16(11-17(13)22)14(2)20(26-19)21(25)23-12-18(24(3)4)15-8-6-5-7-9-15;/h5-11,18H,12H2,1-4H3,(H,23,25);1H. The van der Waals surface area contributed by atoms with Crippen LogP contribution in [0.5, 0.6) is 0 Å². The molecule has 3 rings (SSSR count). The van der Waals surface area contributed by atoms with Crippen molar-refractivity contribution in [2.24, 2.45) is 0 Å². The van der Waals surface area contributed by atoms with Gasteiger partial charge in [-0.3, -0.25) is 4.79 Å². The molecule has 1 unspecified atom stereocenters. The lowest BCUT2D eigenvalue weighted by Crippen LogP contribution is -2.34. The summed E-state index contributed by atoms with van der Waals surface area (Å²) >= 11 is 6.21. The maximum Gasteiger partial charge on any atom is 0.287 e. The fraction of sp³-hybridized carbons (Fsp3) is 0.286. The van der Waals surface area contributed by atoms with Gasteiger partial charge in [0.05, 0.1) is 6.04 Å². The molecule has 0 aliphatic heterocycles. The highest BCUT2D eigenvalue weighted by atomic mass is 35.5. The van der Waals surface area contributed by atoms with Crippen LogP contribution in [0.25, 0.3) is 11.0 Å². The molecule has 1 atom stereocenters. The minimum Gasteiger partial charge on any atom is -0.451 e. The van der Waals surface area contributed by atoms with Crippen LogP contribution < -0.4 is 5.32 Å². The molecule has 3 aromatic rings. The Morgan fingerprint density at radius 2 is 1.85 bits per heavy atom. The number of likely N-dealkylation sites (N-methyl/N-ethyl adjacent to an activating group) is 1. The van der Waals surface area contributed by atoms with Crippen molar-refractivity contribution in [2.75, 3.05) is 20.6 Å². The number of hydrogen-bond acceptors (Lipinski definition) is 3. The zero-order chi connectivity index (χ0) is 18.8. The number of aryl methyl sites for hydroxylation is 2. The predicted molar refractivity (Wildman–Crippen MR) is 113 cm³/mol. The summed E-state index contributed by atoms with van der Waals surface area (Å²) in [6, 6.07) is 13.9. The molecule has 1 amide bonds. The van der Waals surface area contributed by atoms with Crippen molar-refractivity contribution >= 4 is 40.9 Å². The lowest BCUT2D eigenvalue weighted by Gasteiger charge is -2.25. The zero-order valence-electron chi connectivity index (χ0n) is 15.9. The van der Waals surface area contributed by atoms with E-state index in [2.05, 4.69) is 22.3 Å². The first-order valence-corrected chi connectivity index (χ1v) is 8.95. The van der Waals surface area contributed by atoms with E-state index in [1.54, 1.807) is 0 Å². The number of furan rings is 1. The average Bonchev–Trinajstić information content (AvgIpc) is 2.92. The van der Waals surface area contributed by atoms with Gasteiger partial charge in [-0.05, 0) is 51.2 Å². The van der Waals surface area contributed by atoms with Crippen molar-refractivity contribution in [2.45, 2.75) is 19.9 Å². The summed E-state index contributed by atoms with van der Waals surface area (Å²) < 4.78 is 5.81. The molecule has 6 heteroatoms. The minimum absolute atomic E-state index is 0. The summed E-state index contributed by atoms with van der Waals surface area (Å²) in [5.41, 5.74) is 3.57. The van der Waals surface area contributed by atoms with Crippen LogP contribution in [0, 0.1) is 13.8 Å². The topological polar surface area (TPSA) is 45.5 Å². The summed E-state index contributed by atoms with van der Waals surface area (Å²) in [5, 5.41) is 4.55. The molecule has 0 spiro atoms. The molecule has 1 heterocycles. The maximum atomic E-state index is 12.7. The number of rotatable bonds is 5. The molecule has 0 radical (unpaired) electrons. The second kappa shape index (κ2) is 8.79. The summed E-state index contributed by atoms with van der Waals surface area (Å²) in [6.07, 6.45) is 0. The van der Waals surface area contributed by atoms with Gasteiger partial charge in [0, 0.05) is 22.5 Å². The van der Waals surface area contributed by atoms with Crippen LogP contribution in [-0.2, 0) is 0 Å². The number of carbonyl (C=O) groups excluding carboxylic acids is 1. The highest BCUT2D eigenvalue weighted by molar-refractivity contribution is 6.32. The van der Waals surface area contributed by atoms with Crippen molar-refractivity contribution in [3.05, 3.63) is 69.9 Å². The average molecular weight is 407 g/mol. The molecule has 0 fully saturated rings. The van der Waals surface area contributed by atoms with Gasteiger partial charge in [0.1, 0.15) is 5.58 Å². The number of benzene rings is 2. The third-order valence-corrected chi connectivity index (χ3v) is 5.09. The van der Waals surface area contributed by atoms with E-state index in [0.29, 0.717) is 22.9 Å². The van der Waals surface area contributed by atoms with E-state index in [1.807, 2.05) is 58.3 Å². The number of fused-ring (bicyclic) bond motifs is 1. The first kappa shape index (κ1) is 21.3. The van der Waals surface area contributed by atoms with Gasteiger partial charge in [0.25, 0.3) is 5.91 Å². The van der Waals surface area contributed by atoms with E-state index in [-0.39, 0.29) is 24.4 Å². The number of hydrogen-bond donors (Lipinski definition) is 1. The highest BCUT2D eigenvalue weighted by Gasteiger charge is 2.21. The van der Waals surface area contributed by atoms with Gasteiger partial charge in [-0.15, -0.1) is 12.4 Å². The van der Waals surface area contributed by atoms with Gasteiger partial charge in [-0.2, -0.15) is 0 Å². The molecule has 144 valence electrons. The summed E-state index contributed by atoms with van der Waals surface area (Å²) in [5.74, 6) is 0.127. The minimum atomic E-state index is -0.213. The molecule has 0 aliphatic carbocycles. The molecular weight excluding hydrogens is 383 g/mol. The Hall–Kier alpha value is -2.01. The van der Waals surface area contributed by atoms with Crippen LogP contribution >= 0.6 is 24.0 Å². The first-order valence-electron chi connectivity index (χ1n) is 8.57. The van der Waals surface area contributed by atoms with E-state index in [1.165, 1.54) is 0 Å². The van der Waals surface area contributed by atoms with Gasteiger partial charge in [0.2, 0.25) is 0 Å². The number of amides is 1. The third-order valence-electron chi connectivity index (χ3n) is 4.69. The Balaban J connectivity index is 0.00000261. The molecule has 2 aromatic carbocycles. The lowest BCUT2D eigenvalue weighted by atomic mass is 10.1. The van der Waals surface area contributed by atoms with Crippen molar-refractivity contribution < 1.29 is 9.21 Å².